The number of fused-ring (bicyclic) bond motifs is 1. The molecule has 0 N–H and O–H groups in total. The van der Waals surface area contributed by atoms with Gasteiger partial charge in [-0.2, -0.15) is 0 Å². The summed E-state index contributed by atoms with van der Waals surface area (Å²) in [5, 5.41) is 0.927. The lowest BCUT2D eigenvalue weighted by Gasteiger charge is -2.37. The standard InChI is InChI=1S/C29H29N3O/c1-20-10-9-15-26(21(20)2)31-16-18-32(19-17-31)29(33)27-22(3)28(23-11-5-4-6-12-23)30-25-14-8-7-13-24(25)27/h4-15H,16-19H2,1-3H3. The highest BCUT2D eigenvalue weighted by atomic mass is 16.2. The molecule has 5 rings (SSSR count). The first-order chi connectivity index (χ1) is 16.0. The Hall–Kier alpha value is -3.66. The van der Waals surface area contributed by atoms with Crippen LogP contribution in [0.25, 0.3) is 22.2 Å². The second-order valence-electron chi connectivity index (χ2n) is 8.84. The van der Waals surface area contributed by atoms with Crippen LogP contribution in [0.5, 0.6) is 0 Å². The normalized spacial score (nSPS) is 14.0. The minimum Gasteiger partial charge on any atom is -0.368 e. The third-order valence-corrected chi connectivity index (χ3v) is 6.88. The highest BCUT2D eigenvalue weighted by Crippen LogP contribution is 2.31. The van der Waals surface area contributed by atoms with Gasteiger partial charge in [0.2, 0.25) is 0 Å². The van der Waals surface area contributed by atoms with Crippen molar-refractivity contribution in [3.05, 3.63) is 95.1 Å². The van der Waals surface area contributed by atoms with E-state index in [1.165, 1.54) is 16.8 Å². The molecule has 1 amide bonds. The number of para-hydroxylation sites is 1. The van der Waals surface area contributed by atoms with Crippen molar-refractivity contribution in [1.82, 2.24) is 9.88 Å². The van der Waals surface area contributed by atoms with E-state index in [2.05, 4.69) is 49.1 Å². The number of carbonyl (C=O) groups excluding carboxylic acids is 1. The Kier molecular flexibility index (Phi) is 5.59. The van der Waals surface area contributed by atoms with E-state index in [0.29, 0.717) is 13.1 Å². The van der Waals surface area contributed by atoms with Gasteiger partial charge in [0.1, 0.15) is 0 Å². The van der Waals surface area contributed by atoms with Crippen LogP contribution in [0, 0.1) is 20.8 Å². The van der Waals surface area contributed by atoms with Crippen molar-refractivity contribution in [1.29, 1.82) is 0 Å². The van der Waals surface area contributed by atoms with E-state index in [9.17, 15) is 4.79 Å². The molecule has 1 aliphatic heterocycles. The van der Waals surface area contributed by atoms with Gasteiger partial charge in [0.05, 0.1) is 16.8 Å². The van der Waals surface area contributed by atoms with Gasteiger partial charge < -0.3 is 9.80 Å². The topological polar surface area (TPSA) is 36.4 Å². The molecule has 1 fully saturated rings. The largest absolute Gasteiger partial charge is 0.368 e. The molecule has 0 atom stereocenters. The molecule has 166 valence electrons. The molecule has 4 aromatic rings. The van der Waals surface area contributed by atoms with Crippen LogP contribution in [0.15, 0.2) is 72.8 Å². The fraction of sp³-hybridized carbons (Fsp3) is 0.241. The third kappa shape index (κ3) is 3.86. The number of aryl methyl sites for hydroxylation is 1. The minimum atomic E-state index is 0.101. The van der Waals surface area contributed by atoms with Crippen molar-refractivity contribution in [3.8, 4) is 11.3 Å². The van der Waals surface area contributed by atoms with Crippen molar-refractivity contribution in [2.75, 3.05) is 31.1 Å². The lowest BCUT2D eigenvalue weighted by Crippen LogP contribution is -2.49. The molecule has 0 radical (unpaired) electrons. The molecule has 4 heteroatoms. The number of hydrogen-bond acceptors (Lipinski definition) is 3. The van der Waals surface area contributed by atoms with Crippen molar-refractivity contribution >= 4 is 22.5 Å². The molecule has 33 heavy (non-hydrogen) atoms. The maximum Gasteiger partial charge on any atom is 0.255 e. The Morgan fingerprint density at radius 3 is 2.21 bits per heavy atom. The number of amides is 1. The number of carbonyl (C=O) groups is 1. The number of piperazine rings is 1. The molecule has 0 saturated carbocycles. The molecule has 1 aromatic heterocycles. The van der Waals surface area contributed by atoms with Crippen LogP contribution >= 0.6 is 0 Å². The zero-order valence-electron chi connectivity index (χ0n) is 19.5. The number of pyridine rings is 1. The first kappa shape index (κ1) is 21.2. The van der Waals surface area contributed by atoms with Gasteiger partial charge >= 0.3 is 0 Å². The highest BCUT2D eigenvalue weighted by molar-refractivity contribution is 6.09. The summed E-state index contributed by atoms with van der Waals surface area (Å²) in [6.45, 7) is 9.46. The lowest BCUT2D eigenvalue weighted by atomic mass is 9.96. The second-order valence-corrected chi connectivity index (χ2v) is 8.84. The van der Waals surface area contributed by atoms with Gasteiger partial charge in [0.15, 0.2) is 0 Å². The van der Waals surface area contributed by atoms with Gasteiger partial charge in [0.25, 0.3) is 5.91 Å². The van der Waals surface area contributed by atoms with Gasteiger partial charge in [-0.15, -0.1) is 0 Å². The molecule has 0 spiro atoms. The molecule has 3 aromatic carbocycles. The Morgan fingerprint density at radius 1 is 0.758 bits per heavy atom. The van der Waals surface area contributed by atoms with Crippen LogP contribution in [-0.4, -0.2) is 42.0 Å². The first-order valence-corrected chi connectivity index (χ1v) is 11.6. The summed E-state index contributed by atoms with van der Waals surface area (Å²) in [4.78, 5) is 23.2. The number of rotatable bonds is 3. The Labute approximate surface area is 195 Å². The fourth-order valence-corrected chi connectivity index (χ4v) is 4.85. The van der Waals surface area contributed by atoms with E-state index in [-0.39, 0.29) is 5.91 Å². The maximum atomic E-state index is 13.9. The predicted molar refractivity (Wildman–Crippen MR) is 136 cm³/mol. The van der Waals surface area contributed by atoms with Crippen molar-refractivity contribution < 1.29 is 4.79 Å². The van der Waals surface area contributed by atoms with Crippen LogP contribution < -0.4 is 4.90 Å². The van der Waals surface area contributed by atoms with Crippen molar-refractivity contribution in [2.24, 2.45) is 0 Å². The zero-order valence-corrected chi connectivity index (χ0v) is 19.5. The Bertz CT molecular complexity index is 1320. The Balaban J connectivity index is 1.48. The van der Waals surface area contributed by atoms with E-state index in [1.807, 2.05) is 54.3 Å². The van der Waals surface area contributed by atoms with E-state index in [0.717, 1.165) is 46.4 Å². The fourth-order valence-electron chi connectivity index (χ4n) is 4.85. The summed E-state index contributed by atoms with van der Waals surface area (Å²) >= 11 is 0. The average molecular weight is 436 g/mol. The molecule has 0 bridgehead atoms. The van der Waals surface area contributed by atoms with Crippen molar-refractivity contribution in [3.63, 3.8) is 0 Å². The number of hydrogen-bond donors (Lipinski definition) is 0. The monoisotopic (exact) mass is 435 g/mol. The van der Waals surface area contributed by atoms with Gasteiger partial charge in [0, 0.05) is 42.8 Å². The molecule has 1 saturated heterocycles. The Morgan fingerprint density at radius 2 is 1.45 bits per heavy atom. The van der Waals surface area contributed by atoms with Gasteiger partial charge in [-0.3, -0.25) is 4.79 Å². The summed E-state index contributed by atoms with van der Waals surface area (Å²) in [6, 6.07) is 24.6. The third-order valence-electron chi connectivity index (χ3n) is 6.88. The number of anilines is 1. The summed E-state index contributed by atoms with van der Waals surface area (Å²) in [5.74, 6) is 0.101. The first-order valence-electron chi connectivity index (χ1n) is 11.6. The van der Waals surface area contributed by atoms with Gasteiger partial charge in [-0.05, 0) is 49.6 Å². The van der Waals surface area contributed by atoms with E-state index < -0.39 is 0 Å². The van der Waals surface area contributed by atoms with Crippen LogP contribution in [0.1, 0.15) is 27.0 Å². The quantitative estimate of drug-likeness (QED) is 0.409. The molecular weight excluding hydrogens is 406 g/mol. The molecular formula is C29H29N3O. The number of nitrogens with zero attached hydrogens (tertiary/aromatic N) is 3. The summed E-state index contributed by atoms with van der Waals surface area (Å²) in [5.41, 5.74) is 8.40. The zero-order chi connectivity index (χ0) is 22.9. The number of aromatic nitrogens is 1. The molecule has 4 nitrogen and oxygen atoms in total. The van der Waals surface area contributed by atoms with Crippen LogP contribution in [0.2, 0.25) is 0 Å². The second kappa shape index (κ2) is 8.70. The summed E-state index contributed by atoms with van der Waals surface area (Å²) in [7, 11) is 0. The maximum absolute atomic E-state index is 13.9. The minimum absolute atomic E-state index is 0.101. The SMILES string of the molecule is Cc1cccc(N2CCN(C(=O)c3c(C)c(-c4ccccc4)nc4ccccc34)CC2)c1C. The van der Waals surface area contributed by atoms with E-state index in [1.54, 1.807) is 0 Å². The molecule has 2 heterocycles. The van der Waals surface area contributed by atoms with Crippen LogP contribution in [0.4, 0.5) is 5.69 Å². The van der Waals surface area contributed by atoms with Gasteiger partial charge in [-0.25, -0.2) is 4.98 Å². The highest BCUT2D eigenvalue weighted by Gasteiger charge is 2.27. The lowest BCUT2D eigenvalue weighted by molar-refractivity contribution is 0.0748. The molecule has 0 unspecified atom stereocenters. The summed E-state index contributed by atoms with van der Waals surface area (Å²) in [6.07, 6.45) is 0. The van der Waals surface area contributed by atoms with Gasteiger partial charge in [-0.1, -0.05) is 60.7 Å². The molecule has 0 aliphatic carbocycles. The smallest absolute Gasteiger partial charge is 0.255 e. The number of benzene rings is 3. The predicted octanol–water partition coefficient (Wildman–Crippen LogP) is 5.79. The van der Waals surface area contributed by atoms with E-state index >= 15 is 0 Å². The van der Waals surface area contributed by atoms with E-state index in [4.69, 9.17) is 4.98 Å². The van der Waals surface area contributed by atoms with Crippen molar-refractivity contribution in [2.45, 2.75) is 20.8 Å². The summed E-state index contributed by atoms with van der Waals surface area (Å²) < 4.78 is 0. The van der Waals surface area contributed by atoms with Crippen LogP contribution in [0.3, 0.4) is 0 Å². The average Bonchev–Trinajstić information content (AvgIpc) is 2.86. The molecule has 1 aliphatic rings. The van der Waals surface area contributed by atoms with Crippen LogP contribution in [-0.2, 0) is 0 Å².